The highest BCUT2D eigenvalue weighted by Crippen LogP contribution is 2.46. The number of hydrogen-bond acceptors (Lipinski definition) is 9. The number of urea groups is 1. The number of rotatable bonds is 15. The number of amides is 3. The number of piperazine rings is 1. The average molecular weight is 804 g/mol. The van der Waals surface area contributed by atoms with Crippen molar-refractivity contribution in [3.05, 3.63) is 93.5 Å². The van der Waals surface area contributed by atoms with Crippen molar-refractivity contribution in [3.8, 4) is 5.75 Å². The van der Waals surface area contributed by atoms with Crippen molar-refractivity contribution in [1.29, 1.82) is 0 Å². The zero-order valence-corrected chi connectivity index (χ0v) is 33.6. The lowest BCUT2D eigenvalue weighted by Gasteiger charge is -2.39. The molecule has 2 atom stereocenters. The molecule has 3 amide bonds. The van der Waals surface area contributed by atoms with E-state index in [4.69, 9.17) is 42.4 Å². The Morgan fingerprint density at radius 1 is 0.852 bits per heavy atom. The minimum absolute atomic E-state index is 0.000387. The number of methoxy groups -OCH3 is 2. The van der Waals surface area contributed by atoms with E-state index in [0.29, 0.717) is 47.5 Å². The first-order chi connectivity index (χ1) is 25.9. The molecule has 0 bridgehead atoms. The van der Waals surface area contributed by atoms with E-state index >= 15 is 4.79 Å². The summed E-state index contributed by atoms with van der Waals surface area (Å²) in [6, 6.07) is 17.6. The highest BCUT2D eigenvalue weighted by molar-refractivity contribution is 7.89. The number of amidine groups is 1. The van der Waals surface area contributed by atoms with Crippen LogP contribution in [0, 0.1) is 0 Å². The van der Waals surface area contributed by atoms with Crippen LogP contribution in [-0.2, 0) is 24.3 Å². The van der Waals surface area contributed by atoms with E-state index in [1.807, 2.05) is 36.1 Å². The number of carbonyl (C=O) groups excluding carboxylic acids is 2. The summed E-state index contributed by atoms with van der Waals surface area (Å²) in [5, 5.41) is 1.08. The molecule has 3 aromatic carbocycles. The smallest absolute Gasteiger partial charge is 0.326 e. The van der Waals surface area contributed by atoms with Crippen LogP contribution in [-0.4, -0.2) is 144 Å². The number of aliphatic imine (C=N–C) groups is 1. The maximum Gasteiger partial charge on any atom is 0.326 e. The summed E-state index contributed by atoms with van der Waals surface area (Å²) in [7, 11) is 2.40. The summed E-state index contributed by atoms with van der Waals surface area (Å²) in [5.74, 6) is 0.608. The molecular weight excluding hydrogens is 755 g/mol. The number of halogens is 2. The van der Waals surface area contributed by atoms with Crippen LogP contribution in [0.15, 0.2) is 76.6 Å². The summed E-state index contributed by atoms with van der Waals surface area (Å²) in [6.07, 6.45) is 0. The monoisotopic (exact) mass is 802 g/mol. The number of sulfonamides is 1. The standard InChI is InChI=1S/C38H48Cl2N6O7S/c1-6-53-33-16-15-31(54(49,50)45(21-23-51-4)22-24-52-5)25-32(33)37-41-35(27-7-11-29(39)12-8-27)36(28-9-13-30(40)14-10-28)46(37)38(48)44-19-17-43(18-20-44)26-34(47)42(2)3/h7-16,25,35-36H,6,17-24,26H2,1-5H3. The molecule has 0 aromatic heterocycles. The Kier molecular flexibility index (Phi) is 14.4. The van der Waals surface area contributed by atoms with Crippen LogP contribution < -0.4 is 4.74 Å². The van der Waals surface area contributed by atoms with Gasteiger partial charge in [-0.2, -0.15) is 4.31 Å². The quantitative estimate of drug-likeness (QED) is 0.209. The van der Waals surface area contributed by atoms with Gasteiger partial charge in [0.1, 0.15) is 17.6 Å². The van der Waals surface area contributed by atoms with Gasteiger partial charge in [-0.3, -0.25) is 19.6 Å². The number of nitrogens with zero attached hydrogens (tertiary/aromatic N) is 6. The summed E-state index contributed by atoms with van der Waals surface area (Å²) in [6.45, 7) is 4.67. The molecule has 2 aliphatic rings. The Labute approximate surface area is 328 Å². The average Bonchev–Trinajstić information content (AvgIpc) is 3.56. The Balaban J connectivity index is 1.65. The van der Waals surface area contributed by atoms with Gasteiger partial charge in [0.2, 0.25) is 15.9 Å². The largest absolute Gasteiger partial charge is 0.493 e. The Bertz CT molecular complexity index is 1880. The van der Waals surface area contributed by atoms with Crippen LogP contribution >= 0.6 is 23.2 Å². The Morgan fingerprint density at radius 2 is 1.43 bits per heavy atom. The second-order valence-electron chi connectivity index (χ2n) is 13.1. The van der Waals surface area contributed by atoms with Gasteiger partial charge in [-0.1, -0.05) is 47.5 Å². The van der Waals surface area contributed by atoms with Gasteiger partial charge in [-0.15, -0.1) is 0 Å². The van der Waals surface area contributed by atoms with E-state index in [9.17, 15) is 13.2 Å². The number of benzene rings is 3. The number of hydrogen-bond donors (Lipinski definition) is 0. The maximum atomic E-state index is 15.0. The molecule has 2 aliphatic heterocycles. The van der Waals surface area contributed by atoms with Crippen molar-refractivity contribution in [1.82, 2.24) is 23.9 Å². The molecule has 13 nitrogen and oxygen atoms in total. The third kappa shape index (κ3) is 9.54. The van der Waals surface area contributed by atoms with Crippen LogP contribution in [0.2, 0.25) is 10.0 Å². The molecule has 2 heterocycles. The Hall–Kier alpha value is -3.76. The van der Waals surface area contributed by atoms with Crippen LogP contribution in [0.5, 0.6) is 5.75 Å². The second-order valence-corrected chi connectivity index (χ2v) is 15.9. The molecule has 16 heteroatoms. The zero-order valence-electron chi connectivity index (χ0n) is 31.3. The predicted molar refractivity (Wildman–Crippen MR) is 209 cm³/mol. The predicted octanol–water partition coefficient (Wildman–Crippen LogP) is 5.05. The molecule has 3 aromatic rings. The van der Waals surface area contributed by atoms with Gasteiger partial charge in [0.25, 0.3) is 0 Å². The summed E-state index contributed by atoms with van der Waals surface area (Å²) in [4.78, 5) is 39.7. The minimum atomic E-state index is -4.07. The van der Waals surface area contributed by atoms with Crippen LogP contribution in [0.1, 0.15) is 35.7 Å². The summed E-state index contributed by atoms with van der Waals surface area (Å²) < 4.78 is 46.3. The summed E-state index contributed by atoms with van der Waals surface area (Å²) in [5.41, 5.74) is 1.91. The van der Waals surface area contributed by atoms with Crippen LogP contribution in [0.3, 0.4) is 0 Å². The molecule has 0 radical (unpaired) electrons. The van der Waals surface area contributed by atoms with E-state index < -0.39 is 22.1 Å². The fourth-order valence-corrected chi connectivity index (χ4v) is 8.14. The highest BCUT2D eigenvalue weighted by atomic mass is 35.5. The molecule has 292 valence electrons. The normalized spacial score (nSPS) is 17.9. The second kappa shape index (κ2) is 18.7. The molecule has 0 N–H and O–H groups in total. The molecule has 5 rings (SSSR count). The van der Waals surface area contributed by atoms with E-state index in [-0.39, 0.29) is 62.1 Å². The van der Waals surface area contributed by atoms with Crippen LogP contribution in [0.25, 0.3) is 0 Å². The van der Waals surface area contributed by atoms with E-state index in [0.717, 1.165) is 11.1 Å². The summed E-state index contributed by atoms with van der Waals surface area (Å²) >= 11 is 12.7. The molecule has 54 heavy (non-hydrogen) atoms. The number of carbonyl (C=O) groups is 2. The SMILES string of the molecule is CCOc1ccc(S(=O)(=O)N(CCOC)CCOC)cc1C1=NC(c2ccc(Cl)cc2)C(c2ccc(Cl)cc2)N1C(=O)N1CCN(CC(=O)N(C)C)CC1. The van der Waals surface area contributed by atoms with Crippen molar-refractivity contribution < 1.29 is 32.2 Å². The van der Waals surface area contributed by atoms with Gasteiger partial charge in [-0.05, 0) is 60.5 Å². The zero-order chi connectivity index (χ0) is 39.0. The first-order valence-electron chi connectivity index (χ1n) is 17.7. The minimum Gasteiger partial charge on any atom is -0.493 e. The van der Waals surface area contributed by atoms with E-state index in [1.54, 1.807) is 59.1 Å². The fraction of sp³-hybridized carbons (Fsp3) is 0.447. The lowest BCUT2D eigenvalue weighted by atomic mass is 9.93. The maximum absolute atomic E-state index is 15.0. The number of ether oxygens (including phenoxy) is 3. The molecular formula is C38H48Cl2N6O7S. The van der Waals surface area contributed by atoms with Crippen molar-refractivity contribution in [3.63, 3.8) is 0 Å². The van der Waals surface area contributed by atoms with Crippen molar-refractivity contribution in [2.45, 2.75) is 23.9 Å². The molecule has 1 fully saturated rings. The van der Waals surface area contributed by atoms with Gasteiger partial charge in [0, 0.05) is 77.6 Å². The molecule has 0 saturated carbocycles. The Morgan fingerprint density at radius 3 is 1.96 bits per heavy atom. The third-order valence-electron chi connectivity index (χ3n) is 9.42. The van der Waals surface area contributed by atoms with Crippen molar-refractivity contribution in [2.75, 3.05) is 93.9 Å². The first kappa shape index (κ1) is 41.4. The van der Waals surface area contributed by atoms with Crippen LogP contribution in [0.4, 0.5) is 4.79 Å². The van der Waals surface area contributed by atoms with Gasteiger partial charge in [-0.25, -0.2) is 13.2 Å². The van der Waals surface area contributed by atoms with Gasteiger partial charge < -0.3 is 24.0 Å². The fourth-order valence-electron chi connectivity index (χ4n) is 6.45. The van der Waals surface area contributed by atoms with Gasteiger partial charge in [0.15, 0.2) is 0 Å². The molecule has 0 spiro atoms. The van der Waals surface area contributed by atoms with E-state index in [2.05, 4.69) is 0 Å². The third-order valence-corrected chi connectivity index (χ3v) is 11.8. The van der Waals surface area contributed by atoms with Crippen molar-refractivity contribution >= 4 is 51.0 Å². The van der Waals surface area contributed by atoms with Gasteiger partial charge in [0.05, 0.1) is 42.9 Å². The molecule has 1 saturated heterocycles. The lowest BCUT2D eigenvalue weighted by Crippen LogP contribution is -2.55. The number of likely N-dealkylation sites (N-methyl/N-ethyl adjacent to an activating group) is 1. The topological polar surface area (TPSA) is 125 Å². The molecule has 0 aliphatic carbocycles. The van der Waals surface area contributed by atoms with Crippen molar-refractivity contribution in [2.24, 2.45) is 4.99 Å². The lowest BCUT2D eigenvalue weighted by molar-refractivity contribution is -0.130. The highest BCUT2D eigenvalue weighted by Gasteiger charge is 2.45. The first-order valence-corrected chi connectivity index (χ1v) is 19.9. The van der Waals surface area contributed by atoms with E-state index in [1.165, 1.54) is 30.7 Å². The molecule has 2 unspecified atom stereocenters. The van der Waals surface area contributed by atoms with Gasteiger partial charge >= 0.3 is 6.03 Å².